The van der Waals surface area contributed by atoms with Crippen LogP contribution >= 0.6 is 11.3 Å². The molecule has 4 rings (SSSR count). The first-order valence-corrected chi connectivity index (χ1v) is 10.1. The molecule has 0 saturated heterocycles. The summed E-state index contributed by atoms with van der Waals surface area (Å²) in [4.78, 5) is 40.5. The van der Waals surface area contributed by atoms with Crippen LogP contribution in [-0.4, -0.2) is 37.6 Å². The van der Waals surface area contributed by atoms with Crippen molar-refractivity contribution >= 4 is 34.2 Å². The molecule has 0 spiro atoms. The first kappa shape index (κ1) is 20.8. The standard InChI is InChI=1S/C20H16N6O5S/c27-14-10-26(13-5-2-1-3-6-13)25-17(14)19(30)24-23-16(28)9-12-11-32-20(21-12)22-18(29)15-7-4-8-31-15/h1-8,10-11,27H,9H2,(H,23,28)(H,24,30)(H,21,22,29). The van der Waals surface area contributed by atoms with Crippen molar-refractivity contribution in [1.29, 1.82) is 0 Å². The first-order chi connectivity index (χ1) is 15.5. The van der Waals surface area contributed by atoms with Gasteiger partial charge >= 0.3 is 0 Å². The third-order valence-electron chi connectivity index (χ3n) is 4.11. The van der Waals surface area contributed by atoms with Crippen LogP contribution in [0.15, 0.2) is 64.7 Å². The molecule has 0 bridgehead atoms. The summed E-state index contributed by atoms with van der Waals surface area (Å²) < 4.78 is 6.35. The molecule has 3 aromatic heterocycles. The lowest BCUT2D eigenvalue weighted by Crippen LogP contribution is -2.42. The molecule has 4 N–H and O–H groups in total. The SMILES string of the molecule is O=C(Cc1csc(NC(=O)c2ccco2)n1)NNC(=O)c1nn(-c2ccccc2)cc1O. The van der Waals surface area contributed by atoms with Gasteiger partial charge in [-0.25, -0.2) is 9.67 Å². The Morgan fingerprint density at radius 2 is 1.88 bits per heavy atom. The highest BCUT2D eigenvalue weighted by Gasteiger charge is 2.18. The molecule has 0 aliphatic rings. The van der Waals surface area contributed by atoms with E-state index in [-0.39, 0.29) is 23.6 Å². The highest BCUT2D eigenvalue weighted by Crippen LogP contribution is 2.18. The average Bonchev–Trinajstić information content (AvgIpc) is 3.54. The van der Waals surface area contributed by atoms with Crippen LogP contribution < -0.4 is 16.2 Å². The van der Waals surface area contributed by atoms with Gasteiger partial charge in [0.1, 0.15) is 0 Å². The van der Waals surface area contributed by atoms with Gasteiger partial charge in [0.05, 0.1) is 30.3 Å². The number of benzene rings is 1. The molecule has 4 aromatic rings. The van der Waals surface area contributed by atoms with Crippen LogP contribution in [0.5, 0.6) is 5.75 Å². The molecule has 0 unspecified atom stereocenters. The molecule has 1 aromatic carbocycles. The second kappa shape index (κ2) is 9.14. The van der Waals surface area contributed by atoms with Gasteiger partial charge in [-0.15, -0.1) is 11.3 Å². The summed E-state index contributed by atoms with van der Waals surface area (Å²) in [6.07, 6.45) is 2.53. The largest absolute Gasteiger partial charge is 0.504 e. The van der Waals surface area contributed by atoms with Crippen molar-refractivity contribution in [3.05, 3.63) is 77.5 Å². The predicted octanol–water partition coefficient (Wildman–Crippen LogP) is 1.88. The van der Waals surface area contributed by atoms with Crippen molar-refractivity contribution in [1.82, 2.24) is 25.6 Å². The van der Waals surface area contributed by atoms with E-state index < -0.39 is 17.7 Å². The summed E-state index contributed by atoms with van der Waals surface area (Å²) in [6, 6.07) is 12.0. The lowest BCUT2D eigenvalue weighted by molar-refractivity contribution is -0.121. The number of amides is 3. The van der Waals surface area contributed by atoms with Gasteiger partial charge in [-0.05, 0) is 24.3 Å². The summed E-state index contributed by atoms with van der Waals surface area (Å²) in [5, 5.41) is 18.5. The third kappa shape index (κ3) is 4.82. The number of carbonyl (C=O) groups excluding carboxylic acids is 3. The van der Waals surface area contributed by atoms with E-state index in [0.717, 1.165) is 11.3 Å². The van der Waals surface area contributed by atoms with E-state index in [9.17, 15) is 19.5 Å². The van der Waals surface area contributed by atoms with Crippen LogP contribution in [0.25, 0.3) is 5.69 Å². The van der Waals surface area contributed by atoms with Gasteiger partial charge in [0.15, 0.2) is 22.3 Å². The molecular weight excluding hydrogens is 436 g/mol. The quantitative estimate of drug-likeness (QED) is 0.326. The highest BCUT2D eigenvalue weighted by molar-refractivity contribution is 7.14. The lowest BCUT2D eigenvalue weighted by Gasteiger charge is -2.05. The van der Waals surface area contributed by atoms with Gasteiger partial charge < -0.3 is 9.52 Å². The Kier molecular flexibility index (Phi) is 5.94. The maximum Gasteiger partial charge on any atom is 0.294 e. The first-order valence-electron chi connectivity index (χ1n) is 9.22. The Bertz CT molecular complexity index is 1250. The number of rotatable bonds is 6. The molecule has 0 atom stereocenters. The van der Waals surface area contributed by atoms with Crippen molar-refractivity contribution in [2.24, 2.45) is 0 Å². The number of nitrogens with zero attached hydrogens (tertiary/aromatic N) is 3. The predicted molar refractivity (Wildman–Crippen MR) is 113 cm³/mol. The van der Waals surface area contributed by atoms with E-state index in [1.807, 2.05) is 6.07 Å². The van der Waals surface area contributed by atoms with Crippen LogP contribution in [0.1, 0.15) is 26.7 Å². The number of hydrogen-bond acceptors (Lipinski definition) is 8. The van der Waals surface area contributed by atoms with Crippen molar-refractivity contribution in [3.63, 3.8) is 0 Å². The van der Waals surface area contributed by atoms with Gasteiger partial charge in [-0.1, -0.05) is 18.2 Å². The molecule has 0 saturated carbocycles. The van der Waals surface area contributed by atoms with Gasteiger partial charge in [0.2, 0.25) is 5.91 Å². The fourth-order valence-corrected chi connectivity index (χ4v) is 3.35. The van der Waals surface area contributed by atoms with E-state index in [4.69, 9.17) is 4.42 Å². The molecule has 3 heterocycles. The summed E-state index contributed by atoms with van der Waals surface area (Å²) >= 11 is 1.14. The molecule has 0 fully saturated rings. The van der Waals surface area contributed by atoms with Gasteiger partial charge in [-0.3, -0.25) is 30.6 Å². The zero-order chi connectivity index (χ0) is 22.5. The summed E-state index contributed by atoms with van der Waals surface area (Å²) in [5.74, 6) is -1.98. The monoisotopic (exact) mass is 452 g/mol. The number of carbonyl (C=O) groups is 3. The maximum atomic E-state index is 12.3. The normalized spacial score (nSPS) is 10.5. The number of anilines is 1. The molecule has 12 heteroatoms. The number of thiazole rings is 1. The molecule has 0 radical (unpaired) electrons. The number of para-hydroxylation sites is 1. The number of furan rings is 1. The van der Waals surface area contributed by atoms with Gasteiger partial charge in [0.25, 0.3) is 11.8 Å². The van der Waals surface area contributed by atoms with Crippen molar-refractivity contribution in [2.45, 2.75) is 6.42 Å². The van der Waals surface area contributed by atoms with Crippen LogP contribution in [0.4, 0.5) is 5.13 Å². The number of nitrogens with one attached hydrogen (secondary N) is 3. The van der Waals surface area contributed by atoms with Gasteiger partial charge in [-0.2, -0.15) is 5.10 Å². The molecule has 0 aliphatic heterocycles. The second-order valence-corrected chi connectivity index (χ2v) is 7.26. The zero-order valence-electron chi connectivity index (χ0n) is 16.3. The Morgan fingerprint density at radius 3 is 2.62 bits per heavy atom. The molecule has 0 aliphatic carbocycles. The zero-order valence-corrected chi connectivity index (χ0v) is 17.1. The Hall–Kier alpha value is -4.45. The van der Waals surface area contributed by atoms with E-state index in [1.165, 1.54) is 23.2 Å². The van der Waals surface area contributed by atoms with E-state index in [2.05, 4.69) is 26.3 Å². The summed E-state index contributed by atoms with van der Waals surface area (Å²) in [6.45, 7) is 0. The smallest absolute Gasteiger partial charge is 0.294 e. The Labute approximate surface area is 184 Å². The van der Waals surface area contributed by atoms with Crippen molar-refractivity contribution in [3.8, 4) is 11.4 Å². The van der Waals surface area contributed by atoms with Crippen LogP contribution in [0.3, 0.4) is 0 Å². The maximum absolute atomic E-state index is 12.3. The number of aromatic hydroxyl groups is 1. The van der Waals surface area contributed by atoms with Gasteiger partial charge in [0, 0.05) is 5.38 Å². The number of aromatic nitrogens is 3. The number of hydrogen-bond donors (Lipinski definition) is 4. The average molecular weight is 452 g/mol. The van der Waals surface area contributed by atoms with E-state index in [0.29, 0.717) is 16.5 Å². The fraction of sp³-hybridized carbons (Fsp3) is 0.0500. The summed E-state index contributed by atoms with van der Waals surface area (Å²) in [7, 11) is 0. The van der Waals surface area contributed by atoms with Crippen LogP contribution in [-0.2, 0) is 11.2 Å². The molecule has 11 nitrogen and oxygen atoms in total. The third-order valence-corrected chi connectivity index (χ3v) is 4.91. The fourth-order valence-electron chi connectivity index (χ4n) is 2.65. The van der Waals surface area contributed by atoms with Crippen molar-refractivity contribution in [2.75, 3.05) is 5.32 Å². The molecule has 32 heavy (non-hydrogen) atoms. The lowest BCUT2D eigenvalue weighted by atomic mass is 10.3. The minimum absolute atomic E-state index is 0.139. The van der Waals surface area contributed by atoms with Crippen molar-refractivity contribution < 1.29 is 23.9 Å². The summed E-state index contributed by atoms with van der Waals surface area (Å²) in [5.41, 5.74) is 5.25. The minimum atomic E-state index is -0.782. The molecular formula is C20H16N6O5S. The Balaban J connectivity index is 1.30. The Morgan fingerprint density at radius 1 is 1.06 bits per heavy atom. The highest BCUT2D eigenvalue weighted by atomic mass is 32.1. The van der Waals surface area contributed by atoms with Crippen LogP contribution in [0, 0.1) is 0 Å². The minimum Gasteiger partial charge on any atom is -0.504 e. The molecule has 162 valence electrons. The van der Waals surface area contributed by atoms with Crippen LogP contribution in [0.2, 0.25) is 0 Å². The molecule has 3 amide bonds. The number of hydrazine groups is 1. The second-order valence-electron chi connectivity index (χ2n) is 6.40. The van der Waals surface area contributed by atoms with E-state index in [1.54, 1.807) is 35.7 Å². The topological polar surface area (TPSA) is 151 Å². The van der Waals surface area contributed by atoms with E-state index >= 15 is 0 Å².